The Morgan fingerprint density at radius 2 is 1.72 bits per heavy atom. The van der Waals surface area contributed by atoms with Crippen molar-refractivity contribution in [1.82, 2.24) is 0 Å². The summed E-state index contributed by atoms with van der Waals surface area (Å²) in [6.07, 6.45) is -0.668. The molecule has 0 unspecified atom stereocenters. The Kier molecular flexibility index (Phi) is 3.95. The largest absolute Gasteiger partial charge is 0.444 e. The third-order valence-electron chi connectivity index (χ3n) is 1.78. The van der Waals surface area contributed by atoms with Crippen LogP contribution in [0, 0.1) is 0 Å². The van der Waals surface area contributed by atoms with Crippen molar-refractivity contribution in [2.45, 2.75) is 31.3 Å². The fourth-order valence-corrected chi connectivity index (χ4v) is 1.58. The number of rotatable bonds is 2. The first-order chi connectivity index (χ1) is 8.08. The van der Waals surface area contributed by atoms with E-state index < -0.39 is 26.8 Å². The molecule has 0 atom stereocenters. The van der Waals surface area contributed by atoms with Crippen LogP contribution in [-0.4, -0.2) is 20.1 Å². The van der Waals surface area contributed by atoms with Gasteiger partial charge in [-0.2, -0.15) is 8.42 Å². The lowest BCUT2D eigenvalue weighted by Gasteiger charge is -2.19. The monoisotopic (exact) mass is 275 g/mol. The van der Waals surface area contributed by atoms with Crippen LogP contribution in [0.15, 0.2) is 29.2 Å². The van der Waals surface area contributed by atoms with Crippen LogP contribution >= 0.6 is 0 Å². The molecule has 1 N–H and O–H groups in total. The van der Waals surface area contributed by atoms with Gasteiger partial charge in [0.2, 0.25) is 0 Å². The quantitative estimate of drug-likeness (QED) is 0.842. The predicted octanol–water partition coefficient (Wildman–Crippen LogP) is 2.69. The van der Waals surface area contributed by atoms with Gasteiger partial charge in [-0.1, -0.05) is 0 Å². The van der Waals surface area contributed by atoms with Crippen molar-refractivity contribution in [3.8, 4) is 0 Å². The molecule has 18 heavy (non-hydrogen) atoms. The first-order valence-electron chi connectivity index (χ1n) is 5.13. The molecule has 1 rings (SSSR count). The van der Waals surface area contributed by atoms with Gasteiger partial charge >= 0.3 is 16.3 Å². The number of hydrogen-bond donors (Lipinski definition) is 1. The Morgan fingerprint density at radius 3 is 2.11 bits per heavy atom. The van der Waals surface area contributed by atoms with Crippen molar-refractivity contribution in [3.63, 3.8) is 0 Å². The number of anilines is 1. The van der Waals surface area contributed by atoms with Crippen LogP contribution in [0.2, 0.25) is 0 Å². The second-order valence-electron chi connectivity index (χ2n) is 4.59. The second-order valence-corrected chi connectivity index (χ2v) is 5.94. The number of carbonyl (C=O) groups is 1. The zero-order valence-corrected chi connectivity index (χ0v) is 11.0. The highest BCUT2D eigenvalue weighted by Crippen LogP contribution is 2.17. The lowest BCUT2D eigenvalue weighted by atomic mass is 10.2. The zero-order chi connectivity index (χ0) is 14.0. The minimum absolute atomic E-state index is 0.316. The van der Waals surface area contributed by atoms with Gasteiger partial charge in [-0.25, -0.2) is 4.79 Å². The summed E-state index contributed by atoms with van der Waals surface area (Å²) in [6.45, 7) is 5.14. The van der Waals surface area contributed by atoms with Crippen molar-refractivity contribution in [2.75, 3.05) is 5.32 Å². The molecular weight excluding hydrogens is 261 g/mol. The van der Waals surface area contributed by atoms with E-state index in [9.17, 15) is 17.1 Å². The number of halogens is 1. The van der Waals surface area contributed by atoms with Gasteiger partial charge in [0.05, 0.1) is 4.90 Å². The number of ether oxygens (including phenoxy) is 1. The van der Waals surface area contributed by atoms with Gasteiger partial charge in [0.15, 0.2) is 0 Å². The Hall–Kier alpha value is -1.63. The number of benzene rings is 1. The molecule has 1 aromatic rings. The summed E-state index contributed by atoms with van der Waals surface area (Å²) < 4.78 is 38.7. The summed E-state index contributed by atoms with van der Waals surface area (Å²) in [6, 6.07) is 4.66. The van der Waals surface area contributed by atoms with Crippen molar-refractivity contribution in [3.05, 3.63) is 24.3 Å². The third-order valence-corrected chi connectivity index (χ3v) is 2.62. The first-order valence-corrected chi connectivity index (χ1v) is 6.51. The first kappa shape index (κ1) is 14.4. The highest BCUT2D eigenvalue weighted by molar-refractivity contribution is 7.86. The predicted molar refractivity (Wildman–Crippen MR) is 64.6 cm³/mol. The molecule has 0 fully saturated rings. The Morgan fingerprint density at radius 1 is 1.22 bits per heavy atom. The van der Waals surface area contributed by atoms with Crippen LogP contribution in [0.25, 0.3) is 0 Å². The van der Waals surface area contributed by atoms with E-state index in [1.807, 2.05) is 0 Å². The van der Waals surface area contributed by atoms with Gasteiger partial charge in [-0.3, -0.25) is 5.32 Å². The maximum atomic E-state index is 12.6. The highest BCUT2D eigenvalue weighted by Gasteiger charge is 2.16. The van der Waals surface area contributed by atoms with Gasteiger partial charge < -0.3 is 4.74 Å². The fourth-order valence-electron chi connectivity index (χ4n) is 1.12. The summed E-state index contributed by atoms with van der Waals surface area (Å²) in [7, 11) is -4.72. The normalized spacial score (nSPS) is 12.0. The zero-order valence-electron chi connectivity index (χ0n) is 10.2. The minimum Gasteiger partial charge on any atom is -0.444 e. The van der Waals surface area contributed by atoms with Crippen LogP contribution in [0.4, 0.5) is 14.4 Å². The lowest BCUT2D eigenvalue weighted by molar-refractivity contribution is 0.0636. The van der Waals surface area contributed by atoms with Crippen molar-refractivity contribution in [1.29, 1.82) is 0 Å². The molecule has 7 heteroatoms. The van der Waals surface area contributed by atoms with Crippen molar-refractivity contribution >= 4 is 22.0 Å². The van der Waals surface area contributed by atoms with Crippen molar-refractivity contribution in [2.24, 2.45) is 0 Å². The molecule has 0 aliphatic rings. The van der Waals surface area contributed by atoms with Crippen molar-refractivity contribution < 1.29 is 21.8 Å². The van der Waals surface area contributed by atoms with E-state index in [1.165, 1.54) is 12.1 Å². The molecule has 0 bridgehead atoms. The second kappa shape index (κ2) is 4.93. The molecule has 1 amide bonds. The van der Waals surface area contributed by atoms with Crippen LogP contribution in [0.1, 0.15) is 20.8 Å². The van der Waals surface area contributed by atoms with Crippen LogP contribution in [0.3, 0.4) is 0 Å². The summed E-state index contributed by atoms with van der Waals surface area (Å²) in [5.41, 5.74) is -0.316. The average molecular weight is 275 g/mol. The molecule has 5 nitrogen and oxygen atoms in total. The minimum atomic E-state index is -4.72. The number of nitrogens with one attached hydrogen (secondary N) is 1. The molecule has 1 aromatic carbocycles. The Bertz CT molecular complexity index is 531. The average Bonchev–Trinajstić information content (AvgIpc) is 2.13. The summed E-state index contributed by atoms with van der Waals surface area (Å²) in [5.74, 6) is 0. The molecule has 0 saturated carbocycles. The summed E-state index contributed by atoms with van der Waals surface area (Å²) >= 11 is 0. The van der Waals surface area contributed by atoms with E-state index >= 15 is 0 Å². The van der Waals surface area contributed by atoms with E-state index in [1.54, 1.807) is 20.8 Å². The molecule has 0 heterocycles. The smallest absolute Gasteiger partial charge is 0.412 e. The van der Waals surface area contributed by atoms with Gasteiger partial charge in [0.1, 0.15) is 5.60 Å². The molecule has 100 valence electrons. The van der Waals surface area contributed by atoms with E-state index in [2.05, 4.69) is 5.32 Å². The van der Waals surface area contributed by atoms with Gasteiger partial charge in [-0.05, 0) is 45.0 Å². The molecule has 0 aromatic heterocycles. The summed E-state index contributed by atoms with van der Waals surface area (Å²) in [5, 5.41) is 2.40. The summed E-state index contributed by atoms with van der Waals surface area (Å²) in [4.78, 5) is 10.9. The van der Waals surface area contributed by atoms with Crippen LogP contribution in [-0.2, 0) is 15.0 Å². The fraction of sp³-hybridized carbons (Fsp3) is 0.364. The Balaban J connectivity index is 2.73. The SMILES string of the molecule is CC(C)(C)OC(=O)Nc1ccc(S(=O)(=O)F)cc1. The number of hydrogen-bond acceptors (Lipinski definition) is 4. The van der Waals surface area contributed by atoms with Crippen LogP contribution < -0.4 is 5.32 Å². The maximum absolute atomic E-state index is 12.6. The standard InChI is InChI=1S/C11H14FNO4S/c1-11(2,3)17-10(14)13-8-4-6-9(7-5-8)18(12,15)16/h4-7H,1-3H3,(H,13,14). The number of amides is 1. The maximum Gasteiger partial charge on any atom is 0.412 e. The molecule has 0 spiro atoms. The molecule has 0 radical (unpaired) electrons. The highest BCUT2D eigenvalue weighted by atomic mass is 32.3. The molecule has 0 aliphatic carbocycles. The van der Waals surface area contributed by atoms with Gasteiger partial charge in [0.25, 0.3) is 0 Å². The van der Waals surface area contributed by atoms with E-state index in [0.29, 0.717) is 5.69 Å². The Labute approximate surface area is 105 Å². The lowest BCUT2D eigenvalue weighted by Crippen LogP contribution is -2.27. The molecular formula is C11H14FNO4S. The van der Waals surface area contributed by atoms with E-state index in [4.69, 9.17) is 4.74 Å². The third kappa shape index (κ3) is 4.70. The number of carbonyl (C=O) groups excluding carboxylic acids is 1. The van der Waals surface area contributed by atoms with Gasteiger partial charge in [0, 0.05) is 5.69 Å². The van der Waals surface area contributed by atoms with E-state index in [-0.39, 0.29) is 0 Å². The van der Waals surface area contributed by atoms with Crippen LogP contribution in [0.5, 0.6) is 0 Å². The molecule has 0 saturated heterocycles. The molecule has 0 aliphatic heterocycles. The van der Waals surface area contributed by atoms with E-state index in [0.717, 1.165) is 12.1 Å². The topological polar surface area (TPSA) is 72.5 Å². The van der Waals surface area contributed by atoms with Gasteiger partial charge in [-0.15, -0.1) is 3.89 Å².